The first-order valence-electron chi connectivity index (χ1n) is 14.3. The number of ether oxygens (including phenoxy) is 1. The monoisotopic (exact) mass is 565 g/mol. The van der Waals surface area contributed by atoms with Crippen LogP contribution < -0.4 is 16.0 Å². The van der Waals surface area contributed by atoms with E-state index in [9.17, 15) is 14.4 Å². The van der Waals surface area contributed by atoms with Gasteiger partial charge in [-0.15, -0.1) is 0 Å². The Morgan fingerprint density at radius 1 is 0.810 bits per heavy atom. The van der Waals surface area contributed by atoms with Crippen molar-refractivity contribution >= 4 is 39.9 Å². The van der Waals surface area contributed by atoms with Crippen LogP contribution in [0.3, 0.4) is 0 Å². The molecule has 0 aliphatic carbocycles. The van der Waals surface area contributed by atoms with Crippen molar-refractivity contribution in [1.29, 1.82) is 0 Å². The van der Waals surface area contributed by atoms with E-state index >= 15 is 0 Å². The van der Waals surface area contributed by atoms with Crippen molar-refractivity contribution in [2.24, 2.45) is 0 Å². The molecule has 0 heterocycles. The van der Waals surface area contributed by atoms with Gasteiger partial charge in [0.2, 0.25) is 5.91 Å². The molecule has 4 rings (SSSR count). The molecular weight excluding hydrogens is 526 g/mol. The first kappa shape index (κ1) is 30.3. The number of carbonyl (C=O) groups excluding carboxylic acids is 3. The van der Waals surface area contributed by atoms with E-state index in [0.717, 1.165) is 22.0 Å². The number of rotatable bonds is 11. The maximum absolute atomic E-state index is 13.6. The van der Waals surface area contributed by atoms with E-state index in [2.05, 4.69) is 61.0 Å². The summed E-state index contributed by atoms with van der Waals surface area (Å²) in [7, 11) is 0. The minimum atomic E-state index is -0.572. The van der Waals surface area contributed by atoms with Gasteiger partial charge in [0.05, 0.1) is 13.0 Å². The average molecular weight is 566 g/mol. The predicted molar refractivity (Wildman–Crippen MR) is 169 cm³/mol. The highest BCUT2D eigenvalue weighted by atomic mass is 16.5. The molecule has 0 aliphatic rings. The molecule has 0 unspecified atom stereocenters. The number of anilines is 2. The number of carbonyl (C=O) groups is 3. The van der Waals surface area contributed by atoms with E-state index in [4.69, 9.17) is 4.74 Å². The third-order valence-corrected chi connectivity index (χ3v) is 7.00. The smallest absolute Gasteiger partial charge is 0.307 e. The Bertz CT molecular complexity index is 1520. The van der Waals surface area contributed by atoms with Crippen molar-refractivity contribution in [3.63, 3.8) is 0 Å². The molecule has 0 radical (unpaired) electrons. The molecular formula is C35H39N3O4. The Morgan fingerprint density at radius 2 is 1.48 bits per heavy atom. The van der Waals surface area contributed by atoms with Gasteiger partial charge in [-0.05, 0) is 70.6 Å². The summed E-state index contributed by atoms with van der Waals surface area (Å²) in [6.07, 6.45) is 0.580. The maximum Gasteiger partial charge on any atom is 0.307 e. The van der Waals surface area contributed by atoms with Gasteiger partial charge in [-0.2, -0.15) is 0 Å². The van der Waals surface area contributed by atoms with Crippen LogP contribution in [-0.2, 0) is 26.2 Å². The SMILES string of the molecule is CCOC(=O)CCNC(=O)c1ccc(N[C@@H](Cc2ccc3ccccc3c2)C(=O)Nc2ccc(C(C)(C)C)cc2)cc1. The van der Waals surface area contributed by atoms with Crippen LogP contribution in [0.2, 0.25) is 0 Å². The quantitative estimate of drug-likeness (QED) is 0.181. The maximum atomic E-state index is 13.6. The van der Waals surface area contributed by atoms with Gasteiger partial charge in [0.25, 0.3) is 5.91 Å². The molecule has 0 bridgehead atoms. The largest absolute Gasteiger partial charge is 0.466 e. The molecule has 3 N–H and O–H groups in total. The number of nitrogens with one attached hydrogen (secondary N) is 3. The molecule has 42 heavy (non-hydrogen) atoms. The molecule has 0 aliphatic heterocycles. The molecule has 1 atom stereocenters. The van der Waals surface area contributed by atoms with Crippen molar-refractivity contribution in [3.8, 4) is 0 Å². The minimum Gasteiger partial charge on any atom is -0.466 e. The third kappa shape index (κ3) is 8.43. The van der Waals surface area contributed by atoms with Crippen molar-refractivity contribution in [3.05, 3.63) is 108 Å². The van der Waals surface area contributed by atoms with E-state index < -0.39 is 6.04 Å². The van der Waals surface area contributed by atoms with Crippen molar-refractivity contribution < 1.29 is 19.1 Å². The Morgan fingerprint density at radius 3 is 2.14 bits per heavy atom. The summed E-state index contributed by atoms with van der Waals surface area (Å²) < 4.78 is 4.89. The summed E-state index contributed by atoms with van der Waals surface area (Å²) >= 11 is 0. The van der Waals surface area contributed by atoms with Crippen LogP contribution >= 0.6 is 0 Å². The molecule has 2 amide bonds. The number of hydrogen-bond donors (Lipinski definition) is 3. The highest BCUT2D eigenvalue weighted by Crippen LogP contribution is 2.24. The van der Waals surface area contributed by atoms with E-state index in [-0.39, 0.29) is 36.2 Å². The van der Waals surface area contributed by atoms with Gasteiger partial charge in [0.1, 0.15) is 6.04 Å². The van der Waals surface area contributed by atoms with Gasteiger partial charge < -0.3 is 20.7 Å². The summed E-state index contributed by atoms with van der Waals surface area (Å²) in [5, 5.41) is 11.4. The second kappa shape index (κ2) is 13.8. The third-order valence-electron chi connectivity index (χ3n) is 7.00. The van der Waals surface area contributed by atoms with Gasteiger partial charge in [0, 0.05) is 29.9 Å². The van der Waals surface area contributed by atoms with Crippen LogP contribution in [0.25, 0.3) is 10.8 Å². The van der Waals surface area contributed by atoms with E-state index in [1.165, 1.54) is 5.56 Å². The molecule has 4 aromatic rings. The van der Waals surface area contributed by atoms with Crippen LogP contribution in [0.15, 0.2) is 91.0 Å². The average Bonchev–Trinajstić information content (AvgIpc) is 2.97. The van der Waals surface area contributed by atoms with Gasteiger partial charge in [-0.1, -0.05) is 75.4 Å². The van der Waals surface area contributed by atoms with Gasteiger partial charge in [-0.25, -0.2) is 0 Å². The summed E-state index contributed by atoms with van der Waals surface area (Å²) in [5.41, 5.74) is 4.14. The fourth-order valence-corrected chi connectivity index (χ4v) is 4.63. The number of hydrogen-bond acceptors (Lipinski definition) is 5. The summed E-state index contributed by atoms with van der Waals surface area (Å²) in [6, 6.07) is 28.7. The van der Waals surface area contributed by atoms with E-state index in [0.29, 0.717) is 24.3 Å². The zero-order valence-corrected chi connectivity index (χ0v) is 24.7. The second-order valence-corrected chi connectivity index (χ2v) is 11.3. The van der Waals surface area contributed by atoms with E-state index in [1.807, 2.05) is 42.5 Å². The van der Waals surface area contributed by atoms with Gasteiger partial charge in [-0.3, -0.25) is 14.4 Å². The Balaban J connectivity index is 1.48. The number of fused-ring (bicyclic) bond motifs is 1. The Labute approximate surface area is 247 Å². The molecule has 0 saturated heterocycles. The first-order chi connectivity index (χ1) is 20.1. The first-order valence-corrected chi connectivity index (χ1v) is 14.3. The van der Waals surface area contributed by atoms with E-state index in [1.54, 1.807) is 31.2 Å². The topological polar surface area (TPSA) is 96.5 Å². The van der Waals surface area contributed by atoms with Crippen molar-refractivity contribution in [2.45, 2.75) is 52.0 Å². The summed E-state index contributed by atoms with van der Waals surface area (Å²) in [4.78, 5) is 37.6. The Kier molecular flexibility index (Phi) is 9.97. The molecule has 0 aromatic heterocycles. The predicted octanol–water partition coefficient (Wildman–Crippen LogP) is 6.48. The van der Waals surface area contributed by atoms with Crippen LogP contribution in [-0.4, -0.2) is 37.0 Å². The molecule has 0 fully saturated rings. The number of benzene rings is 4. The zero-order chi connectivity index (χ0) is 30.1. The normalized spacial score (nSPS) is 11.9. The fraction of sp³-hybridized carbons (Fsp3) is 0.286. The lowest BCUT2D eigenvalue weighted by Gasteiger charge is -2.22. The van der Waals surface area contributed by atoms with Crippen LogP contribution in [0.5, 0.6) is 0 Å². The highest BCUT2D eigenvalue weighted by Gasteiger charge is 2.21. The molecule has 0 saturated carbocycles. The second-order valence-electron chi connectivity index (χ2n) is 11.3. The number of esters is 1. The van der Waals surface area contributed by atoms with Crippen LogP contribution in [0.1, 0.15) is 55.6 Å². The lowest BCUT2D eigenvalue weighted by Crippen LogP contribution is -2.36. The van der Waals surface area contributed by atoms with Crippen molar-refractivity contribution in [2.75, 3.05) is 23.8 Å². The van der Waals surface area contributed by atoms with Crippen molar-refractivity contribution in [1.82, 2.24) is 5.32 Å². The standard InChI is InChI=1S/C35H39N3O4/c1-5-42-32(39)20-21-36-33(40)26-12-16-29(17-13-26)37-31(23-24-10-11-25-8-6-7-9-27(25)22-24)34(41)38-30-18-14-28(15-19-30)35(2,3)4/h6-19,22,31,37H,5,20-21,23H2,1-4H3,(H,36,40)(H,38,41)/t31-/m0/s1. The lowest BCUT2D eigenvalue weighted by molar-refractivity contribution is -0.142. The van der Waals surface area contributed by atoms with Gasteiger partial charge >= 0.3 is 5.97 Å². The molecule has 7 nitrogen and oxygen atoms in total. The molecule has 4 aromatic carbocycles. The summed E-state index contributed by atoms with van der Waals surface area (Å²) in [5.74, 6) is -0.791. The fourth-order valence-electron chi connectivity index (χ4n) is 4.63. The highest BCUT2D eigenvalue weighted by molar-refractivity contribution is 5.97. The Hall–Kier alpha value is -4.65. The zero-order valence-electron chi connectivity index (χ0n) is 24.7. The molecule has 218 valence electrons. The molecule has 7 heteroatoms. The van der Waals surface area contributed by atoms with Crippen LogP contribution in [0.4, 0.5) is 11.4 Å². The summed E-state index contributed by atoms with van der Waals surface area (Å²) in [6.45, 7) is 8.72. The lowest BCUT2D eigenvalue weighted by atomic mass is 9.87. The number of amides is 2. The minimum absolute atomic E-state index is 0.0205. The van der Waals surface area contributed by atoms with Crippen LogP contribution in [0, 0.1) is 0 Å². The molecule has 0 spiro atoms. The van der Waals surface area contributed by atoms with Gasteiger partial charge in [0.15, 0.2) is 0 Å².